The van der Waals surface area contributed by atoms with Crippen LogP contribution in [0.25, 0.3) is 0 Å². The Bertz CT molecular complexity index is 770. The van der Waals surface area contributed by atoms with Gasteiger partial charge in [0.25, 0.3) is 0 Å². The van der Waals surface area contributed by atoms with Crippen molar-refractivity contribution in [3.8, 4) is 0 Å². The van der Waals surface area contributed by atoms with Crippen LogP contribution in [0.5, 0.6) is 0 Å². The summed E-state index contributed by atoms with van der Waals surface area (Å²) in [5, 5.41) is 2.70. The van der Waals surface area contributed by atoms with Gasteiger partial charge in [-0.05, 0) is 19.1 Å². The second-order valence-corrected chi connectivity index (χ2v) is 5.91. The average molecular weight is 347 g/mol. The number of carbonyl (C=O) groups is 1. The molecule has 0 unspecified atom stereocenters. The Labute approximate surface area is 144 Å². The van der Waals surface area contributed by atoms with Crippen molar-refractivity contribution in [3.05, 3.63) is 41.6 Å². The SMILES string of the molecule is CC(=O)N1CCN(c2nc(C)cc(Nc3c(F)cccc3F)n2)CC1. The fourth-order valence-corrected chi connectivity index (χ4v) is 2.72. The minimum Gasteiger partial charge on any atom is -0.339 e. The Hall–Kier alpha value is -2.77. The molecule has 3 rings (SSSR count). The zero-order chi connectivity index (χ0) is 18.0. The zero-order valence-electron chi connectivity index (χ0n) is 14.1. The molecule has 1 aromatic carbocycles. The third-order valence-electron chi connectivity index (χ3n) is 4.07. The lowest BCUT2D eigenvalue weighted by molar-refractivity contribution is -0.129. The van der Waals surface area contributed by atoms with Crippen molar-refractivity contribution < 1.29 is 13.6 Å². The molecule has 2 heterocycles. The number of rotatable bonds is 3. The first-order valence-corrected chi connectivity index (χ1v) is 8.01. The molecular weight excluding hydrogens is 328 g/mol. The topological polar surface area (TPSA) is 61.4 Å². The number of carbonyl (C=O) groups excluding carboxylic acids is 1. The van der Waals surface area contributed by atoms with Gasteiger partial charge in [0.05, 0.1) is 0 Å². The van der Waals surface area contributed by atoms with Crippen LogP contribution < -0.4 is 10.2 Å². The van der Waals surface area contributed by atoms with Crippen LogP contribution in [0.1, 0.15) is 12.6 Å². The van der Waals surface area contributed by atoms with Gasteiger partial charge in [-0.3, -0.25) is 4.79 Å². The molecule has 1 aliphatic heterocycles. The Balaban J connectivity index is 1.81. The van der Waals surface area contributed by atoms with Crippen LogP contribution in [0.4, 0.5) is 26.2 Å². The molecule has 2 aromatic rings. The van der Waals surface area contributed by atoms with Crippen LogP contribution >= 0.6 is 0 Å². The van der Waals surface area contributed by atoms with Crippen molar-refractivity contribution in [1.82, 2.24) is 14.9 Å². The van der Waals surface area contributed by atoms with Gasteiger partial charge in [0, 0.05) is 44.9 Å². The van der Waals surface area contributed by atoms with Crippen LogP contribution in [-0.4, -0.2) is 47.0 Å². The van der Waals surface area contributed by atoms with E-state index in [0.717, 1.165) is 0 Å². The number of nitrogens with zero attached hydrogens (tertiary/aromatic N) is 4. The summed E-state index contributed by atoms with van der Waals surface area (Å²) in [6, 6.07) is 5.30. The van der Waals surface area contributed by atoms with Crippen LogP contribution in [0.3, 0.4) is 0 Å². The molecule has 1 fully saturated rings. The van der Waals surface area contributed by atoms with Crippen LogP contribution in [-0.2, 0) is 4.79 Å². The third-order valence-corrected chi connectivity index (χ3v) is 4.07. The Morgan fingerprint density at radius 2 is 1.76 bits per heavy atom. The fourth-order valence-electron chi connectivity index (χ4n) is 2.72. The predicted octanol–water partition coefficient (Wildman–Crippen LogP) is 2.48. The monoisotopic (exact) mass is 347 g/mol. The van der Waals surface area contributed by atoms with Gasteiger partial charge in [-0.25, -0.2) is 13.8 Å². The van der Waals surface area contributed by atoms with E-state index < -0.39 is 11.6 Å². The highest BCUT2D eigenvalue weighted by molar-refractivity contribution is 5.73. The second-order valence-electron chi connectivity index (χ2n) is 5.91. The summed E-state index contributed by atoms with van der Waals surface area (Å²) in [6.45, 7) is 5.74. The lowest BCUT2D eigenvalue weighted by atomic mass is 10.3. The van der Waals surface area contributed by atoms with E-state index in [4.69, 9.17) is 0 Å². The van der Waals surface area contributed by atoms with Crippen LogP contribution in [0, 0.1) is 18.6 Å². The fraction of sp³-hybridized carbons (Fsp3) is 0.353. The number of benzene rings is 1. The summed E-state index contributed by atoms with van der Waals surface area (Å²) in [6.07, 6.45) is 0. The molecule has 1 N–H and O–H groups in total. The highest BCUT2D eigenvalue weighted by atomic mass is 19.1. The van der Waals surface area contributed by atoms with E-state index in [-0.39, 0.29) is 11.6 Å². The maximum Gasteiger partial charge on any atom is 0.227 e. The van der Waals surface area contributed by atoms with Crippen molar-refractivity contribution in [2.75, 3.05) is 36.4 Å². The van der Waals surface area contributed by atoms with E-state index in [2.05, 4.69) is 15.3 Å². The number of nitrogens with one attached hydrogen (secondary N) is 1. The summed E-state index contributed by atoms with van der Waals surface area (Å²) in [7, 11) is 0. The standard InChI is InChI=1S/C17H19F2N5O/c1-11-10-15(21-16-13(18)4-3-5-14(16)19)22-17(20-11)24-8-6-23(7-9-24)12(2)25/h3-5,10H,6-9H2,1-2H3,(H,20,21,22). The van der Waals surface area contributed by atoms with Gasteiger partial charge in [0.1, 0.15) is 23.1 Å². The number of amides is 1. The number of piperazine rings is 1. The molecular formula is C17H19F2N5O. The van der Waals surface area contributed by atoms with Crippen LogP contribution in [0.2, 0.25) is 0 Å². The summed E-state index contributed by atoms with van der Waals surface area (Å²) in [4.78, 5) is 23.9. The first-order valence-electron chi connectivity index (χ1n) is 8.01. The molecule has 1 amide bonds. The lowest BCUT2D eigenvalue weighted by Gasteiger charge is -2.34. The first-order chi connectivity index (χ1) is 11.9. The van der Waals surface area contributed by atoms with E-state index in [1.807, 2.05) is 4.90 Å². The summed E-state index contributed by atoms with van der Waals surface area (Å²) in [5.41, 5.74) is 0.436. The van der Waals surface area contributed by atoms with E-state index in [9.17, 15) is 13.6 Å². The molecule has 0 atom stereocenters. The Morgan fingerprint density at radius 3 is 2.36 bits per heavy atom. The summed E-state index contributed by atoms with van der Waals surface area (Å²) < 4.78 is 27.6. The lowest BCUT2D eigenvalue weighted by Crippen LogP contribution is -2.48. The van der Waals surface area contributed by atoms with E-state index in [1.165, 1.54) is 18.2 Å². The average Bonchev–Trinajstić information content (AvgIpc) is 2.58. The molecule has 6 nitrogen and oxygen atoms in total. The van der Waals surface area contributed by atoms with Gasteiger partial charge in [-0.2, -0.15) is 4.98 Å². The number of hydrogen-bond acceptors (Lipinski definition) is 5. The summed E-state index contributed by atoms with van der Waals surface area (Å²) >= 11 is 0. The second kappa shape index (κ2) is 7.00. The van der Waals surface area contributed by atoms with E-state index in [0.29, 0.717) is 43.6 Å². The number of halogens is 2. The van der Waals surface area contributed by atoms with Gasteiger partial charge in [0.15, 0.2) is 0 Å². The molecule has 0 aliphatic carbocycles. The number of hydrogen-bond donors (Lipinski definition) is 1. The molecule has 0 spiro atoms. The number of aryl methyl sites for hydroxylation is 1. The highest BCUT2D eigenvalue weighted by Gasteiger charge is 2.21. The largest absolute Gasteiger partial charge is 0.339 e. The normalized spacial score (nSPS) is 14.6. The van der Waals surface area contributed by atoms with Gasteiger partial charge >= 0.3 is 0 Å². The van der Waals surface area contributed by atoms with E-state index >= 15 is 0 Å². The van der Waals surface area contributed by atoms with Gasteiger partial charge in [-0.15, -0.1) is 0 Å². The quantitative estimate of drug-likeness (QED) is 0.924. The minimum absolute atomic E-state index is 0.0437. The minimum atomic E-state index is -0.687. The summed E-state index contributed by atoms with van der Waals surface area (Å²) in [5.74, 6) is -0.536. The number of aromatic nitrogens is 2. The van der Waals surface area contributed by atoms with Gasteiger partial charge in [-0.1, -0.05) is 6.07 Å². The molecule has 1 saturated heterocycles. The highest BCUT2D eigenvalue weighted by Crippen LogP contribution is 2.24. The van der Waals surface area contributed by atoms with Crippen molar-refractivity contribution >= 4 is 23.4 Å². The molecule has 0 saturated carbocycles. The molecule has 0 radical (unpaired) electrons. The smallest absolute Gasteiger partial charge is 0.227 e. The van der Waals surface area contributed by atoms with Crippen molar-refractivity contribution in [2.45, 2.75) is 13.8 Å². The molecule has 132 valence electrons. The molecule has 8 heteroatoms. The Morgan fingerprint density at radius 1 is 1.12 bits per heavy atom. The van der Waals surface area contributed by atoms with Gasteiger partial charge in [0.2, 0.25) is 11.9 Å². The van der Waals surface area contributed by atoms with Crippen molar-refractivity contribution in [1.29, 1.82) is 0 Å². The maximum absolute atomic E-state index is 13.8. The third kappa shape index (κ3) is 3.84. The molecule has 25 heavy (non-hydrogen) atoms. The predicted molar refractivity (Wildman–Crippen MR) is 90.9 cm³/mol. The van der Waals surface area contributed by atoms with Gasteiger partial charge < -0.3 is 15.1 Å². The number of anilines is 3. The maximum atomic E-state index is 13.8. The van der Waals surface area contributed by atoms with Crippen molar-refractivity contribution in [2.24, 2.45) is 0 Å². The molecule has 0 bridgehead atoms. The van der Waals surface area contributed by atoms with E-state index in [1.54, 1.807) is 24.8 Å². The molecule has 1 aromatic heterocycles. The molecule has 1 aliphatic rings. The Kier molecular flexibility index (Phi) is 4.78. The number of para-hydroxylation sites is 1. The van der Waals surface area contributed by atoms with Crippen LogP contribution in [0.15, 0.2) is 24.3 Å². The first kappa shape index (κ1) is 17.1. The zero-order valence-corrected chi connectivity index (χ0v) is 14.1. The van der Waals surface area contributed by atoms with Crippen molar-refractivity contribution in [3.63, 3.8) is 0 Å².